The van der Waals surface area contributed by atoms with Crippen LogP contribution in [0.4, 0.5) is 5.82 Å². The van der Waals surface area contributed by atoms with Crippen molar-refractivity contribution >= 4 is 23.3 Å². The summed E-state index contributed by atoms with van der Waals surface area (Å²) in [6, 6.07) is 7.16. The van der Waals surface area contributed by atoms with Gasteiger partial charge in [-0.3, -0.25) is 4.79 Å². The largest absolute Gasteiger partial charge is 0.317 e. The van der Waals surface area contributed by atoms with Crippen molar-refractivity contribution in [1.82, 2.24) is 15.1 Å². The minimum Gasteiger partial charge on any atom is -0.317 e. The molecule has 0 bridgehead atoms. The summed E-state index contributed by atoms with van der Waals surface area (Å²) in [5, 5.41) is 11.2. The van der Waals surface area contributed by atoms with Crippen LogP contribution in [-0.2, 0) is 6.54 Å². The van der Waals surface area contributed by atoms with Crippen LogP contribution in [0.15, 0.2) is 30.5 Å². The highest BCUT2D eigenvalue weighted by Crippen LogP contribution is 2.19. The molecule has 1 aliphatic rings. The lowest BCUT2D eigenvalue weighted by Crippen LogP contribution is -2.30. The van der Waals surface area contributed by atoms with Gasteiger partial charge in [0.15, 0.2) is 0 Å². The van der Waals surface area contributed by atoms with Gasteiger partial charge in [0.1, 0.15) is 5.82 Å². The van der Waals surface area contributed by atoms with Gasteiger partial charge in [0.2, 0.25) is 0 Å². The Hall–Kier alpha value is -1.85. The van der Waals surface area contributed by atoms with E-state index in [1.165, 1.54) is 0 Å². The first-order valence-electron chi connectivity index (χ1n) is 7.93. The first-order valence-corrected chi connectivity index (χ1v) is 8.31. The average Bonchev–Trinajstić information content (AvgIpc) is 2.97. The SMILES string of the molecule is Cc1ccc(Cl)cc1C(=O)Nc1ccnn1CC1CCNCC1. The topological polar surface area (TPSA) is 59.0 Å². The zero-order valence-corrected chi connectivity index (χ0v) is 13.9. The number of benzene rings is 1. The molecule has 1 amide bonds. The predicted octanol–water partition coefficient (Wildman–Crippen LogP) is 3.10. The number of piperidine rings is 1. The number of nitrogens with zero attached hydrogens (tertiary/aromatic N) is 2. The molecule has 3 rings (SSSR count). The molecule has 0 spiro atoms. The molecule has 5 nitrogen and oxygen atoms in total. The standard InChI is InChI=1S/C17H21ClN4O/c1-12-2-3-14(18)10-15(12)17(23)21-16-6-9-20-22(16)11-13-4-7-19-8-5-13/h2-3,6,9-10,13,19H,4-5,7-8,11H2,1H3,(H,21,23). The number of halogens is 1. The molecule has 6 heteroatoms. The highest BCUT2D eigenvalue weighted by Gasteiger charge is 2.17. The molecular weight excluding hydrogens is 312 g/mol. The number of carbonyl (C=O) groups excluding carboxylic acids is 1. The minimum atomic E-state index is -0.155. The van der Waals surface area contributed by atoms with Crippen molar-refractivity contribution in [2.75, 3.05) is 18.4 Å². The Morgan fingerprint density at radius 1 is 1.39 bits per heavy atom. The number of amides is 1. The monoisotopic (exact) mass is 332 g/mol. The van der Waals surface area contributed by atoms with E-state index >= 15 is 0 Å². The number of anilines is 1. The third-order valence-electron chi connectivity index (χ3n) is 4.29. The Bertz CT molecular complexity index is 692. The normalized spacial score (nSPS) is 15.6. The maximum atomic E-state index is 12.5. The summed E-state index contributed by atoms with van der Waals surface area (Å²) in [5.74, 6) is 1.17. The fourth-order valence-corrected chi connectivity index (χ4v) is 3.09. The van der Waals surface area contributed by atoms with Gasteiger partial charge in [-0.15, -0.1) is 0 Å². The molecule has 0 unspecified atom stereocenters. The van der Waals surface area contributed by atoms with Gasteiger partial charge in [0.25, 0.3) is 5.91 Å². The van der Waals surface area contributed by atoms with E-state index < -0.39 is 0 Å². The number of nitrogens with one attached hydrogen (secondary N) is 2. The first-order chi connectivity index (χ1) is 11.1. The molecule has 1 aromatic heterocycles. The zero-order chi connectivity index (χ0) is 16.2. The van der Waals surface area contributed by atoms with Crippen molar-refractivity contribution < 1.29 is 4.79 Å². The number of rotatable bonds is 4. The Balaban J connectivity index is 1.71. The molecule has 0 atom stereocenters. The van der Waals surface area contributed by atoms with Crippen LogP contribution in [0.1, 0.15) is 28.8 Å². The average molecular weight is 333 g/mol. The maximum Gasteiger partial charge on any atom is 0.257 e. The van der Waals surface area contributed by atoms with E-state index in [0.717, 1.165) is 43.9 Å². The van der Waals surface area contributed by atoms with Gasteiger partial charge in [0.05, 0.1) is 6.20 Å². The van der Waals surface area contributed by atoms with Crippen molar-refractivity contribution in [3.05, 3.63) is 46.6 Å². The summed E-state index contributed by atoms with van der Waals surface area (Å²) < 4.78 is 1.88. The molecule has 0 aliphatic carbocycles. The molecule has 2 aromatic rings. The van der Waals surface area contributed by atoms with Crippen LogP contribution in [0, 0.1) is 12.8 Å². The first kappa shape index (κ1) is 16.0. The molecule has 2 N–H and O–H groups in total. The smallest absolute Gasteiger partial charge is 0.257 e. The quantitative estimate of drug-likeness (QED) is 0.904. The van der Waals surface area contributed by atoms with Crippen molar-refractivity contribution in [2.45, 2.75) is 26.3 Å². The summed E-state index contributed by atoms with van der Waals surface area (Å²) in [6.07, 6.45) is 4.00. The van der Waals surface area contributed by atoms with E-state index in [1.54, 1.807) is 18.3 Å². The number of carbonyl (C=O) groups is 1. The summed E-state index contributed by atoms with van der Waals surface area (Å²) >= 11 is 6.00. The van der Waals surface area contributed by atoms with E-state index in [-0.39, 0.29) is 5.91 Å². The van der Waals surface area contributed by atoms with E-state index in [0.29, 0.717) is 16.5 Å². The van der Waals surface area contributed by atoms with Crippen molar-refractivity contribution in [3.8, 4) is 0 Å². The molecule has 2 heterocycles. The number of hydrogen-bond donors (Lipinski definition) is 2. The van der Waals surface area contributed by atoms with E-state index in [4.69, 9.17) is 11.6 Å². The molecule has 122 valence electrons. The molecule has 0 radical (unpaired) electrons. The second-order valence-electron chi connectivity index (χ2n) is 6.01. The Kier molecular flexibility index (Phi) is 4.98. The van der Waals surface area contributed by atoms with Crippen LogP contribution in [-0.4, -0.2) is 28.8 Å². The lowest BCUT2D eigenvalue weighted by Gasteiger charge is -2.23. The number of hydrogen-bond acceptors (Lipinski definition) is 3. The number of aromatic nitrogens is 2. The van der Waals surface area contributed by atoms with E-state index in [1.807, 2.05) is 23.7 Å². The molecule has 1 saturated heterocycles. The van der Waals surface area contributed by atoms with Crippen molar-refractivity contribution in [2.24, 2.45) is 5.92 Å². The highest BCUT2D eigenvalue weighted by molar-refractivity contribution is 6.31. The van der Waals surface area contributed by atoms with Gasteiger partial charge in [0, 0.05) is 23.2 Å². The predicted molar refractivity (Wildman–Crippen MR) is 92.0 cm³/mol. The van der Waals surface area contributed by atoms with E-state index in [9.17, 15) is 4.79 Å². The van der Waals surface area contributed by atoms with Crippen LogP contribution in [0.5, 0.6) is 0 Å². The molecule has 1 aromatic carbocycles. The van der Waals surface area contributed by atoms with Gasteiger partial charge in [-0.1, -0.05) is 17.7 Å². The molecular formula is C17H21ClN4O. The Morgan fingerprint density at radius 3 is 2.96 bits per heavy atom. The summed E-state index contributed by atoms with van der Waals surface area (Å²) in [7, 11) is 0. The van der Waals surface area contributed by atoms with Gasteiger partial charge < -0.3 is 10.6 Å². The number of aryl methyl sites for hydroxylation is 1. The van der Waals surface area contributed by atoms with Crippen LogP contribution < -0.4 is 10.6 Å². The van der Waals surface area contributed by atoms with Crippen molar-refractivity contribution in [3.63, 3.8) is 0 Å². The highest BCUT2D eigenvalue weighted by atomic mass is 35.5. The second kappa shape index (κ2) is 7.15. The third-order valence-corrected chi connectivity index (χ3v) is 4.53. The summed E-state index contributed by atoms with van der Waals surface area (Å²) in [4.78, 5) is 12.5. The summed E-state index contributed by atoms with van der Waals surface area (Å²) in [6.45, 7) is 4.83. The minimum absolute atomic E-state index is 0.155. The van der Waals surface area contributed by atoms with Crippen LogP contribution in [0.3, 0.4) is 0 Å². The lowest BCUT2D eigenvalue weighted by molar-refractivity contribution is 0.102. The third kappa shape index (κ3) is 3.92. The van der Waals surface area contributed by atoms with Gasteiger partial charge in [-0.05, 0) is 56.5 Å². The van der Waals surface area contributed by atoms with Crippen LogP contribution in [0.25, 0.3) is 0 Å². The van der Waals surface area contributed by atoms with Crippen molar-refractivity contribution in [1.29, 1.82) is 0 Å². The Morgan fingerprint density at radius 2 is 2.17 bits per heavy atom. The second-order valence-corrected chi connectivity index (χ2v) is 6.44. The van der Waals surface area contributed by atoms with Crippen LogP contribution in [0.2, 0.25) is 5.02 Å². The molecule has 1 aliphatic heterocycles. The van der Waals surface area contributed by atoms with Crippen LogP contribution >= 0.6 is 11.6 Å². The van der Waals surface area contributed by atoms with E-state index in [2.05, 4.69) is 15.7 Å². The molecule has 0 saturated carbocycles. The van der Waals surface area contributed by atoms with Gasteiger partial charge >= 0.3 is 0 Å². The Labute approximate surface area is 141 Å². The summed E-state index contributed by atoms with van der Waals surface area (Å²) in [5.41, 5.74) is 1.49. The van der Waals surface area contributed by atoms with Gasteiger partial charge in [-0.2, -0.15) is 5.10 Å². The fourth-order valence-electron chi connectivity index (χ4n) is 2.92. The maximum absolute atomic E-state index is 12.5. The fraction of sp³-hybridized carbons (Fsp3) is 0.412. The lowest BCUT2D eigenvalue weighted by atomic mass is 9.98. The molecule has 1 fully saturated rings. The van der Waals surface area contributed by atoms with Gasteiger partial charge in [-0.25, -0.2) is 4.68 Å². The molecule has 23 heavy (non-hydrogen) atoms. The zero-order valence-electron chi connectivity index (χ0n) is 13.2.